The molecule has 3 rings (SSSR count). The minimum atomic E-state index is -3.63. The molecule has 0 spiro atoms. The van der Waals surface area contributed by atoms with Gasteiger partial charge in [0.05, 0.1) is 11.4 Å². The smallest absolute Gasteiger partial charge is 0.243 e. The zero-order chi connectivity index (χ0) is 17.2. The summed E-state index contributed by atoms with van der Waals surface area (Å²) in [6.45, 7) is 2.46. The topological polar surface area (TPSA) is 69.7 Å². The Balaban J connectivity index is 0.00000225. The number of sulfonamides is 1. The van der Waals surface area contributed by atoms with Crippen LogP contribution in [-0.4, -0.2) is 62.8 Å². The van der Waals surface area contributed by atoms with Crippen LogP contribution in [0, 0.1) is 11.7 Å². The van der Waals surface area contributed by atoms with Crippen molar-refractivity contribution >= 4 is 28.3 Å². The van der Waals surface area contributed by atoms with Crippen LogP contribution in [0.5, 0.6) is 0 Å². The number of nitrogens with zero attached hydrogens (tertiary/aromatic N) is 2. The summed E-state index contributed by atoms with van der Waals surface area (Å²) in [5.74, 6) is 0.257. The number of piperazine rings is 1. The quantitative estimate of drug-likeness (QED) is 0.787. The molecule has 1 amide bonds. The van der Waals surface area contributed by atoms with Crippen LogP contribution in [-0.2, 0) is 14.8 Å². The normalized spacial score (nSPS) is 18.7. The Morgan fingerprint density at radius 2 is 1.72 bits per heavy atom. The summed E-state index contributed by atoms with van der Waals surface area (Å²) in [6.07, 6.45) is 2.47. The Kier molecular flexibility index (Phi) is 6.79. The third kappa shape index (κ3) is 5.13. The van der Waals surface area contributed by atoms with Crippen LogP contribution in [0.2, 0.25) is 0 Å². The predicted molar refractivity (Wildman–Crippen MR) is 94.6 cm³/mol. The summed E-state index contributed by atoms with van der Waals surface area (Å²) in [6, 6.07) is 4.81. The van der Waals surface area contributed by atoms with Gasteiger partial charge < -0.3 is 10.2 Å². The van der Waals surface area contributed by atoms with E-state index in [1.54, 1.807) is 4.90 Å². The summed E-state index contributed by atoms with van der Waals surface area (Å²) in [4.78, 5) is 13.9. The average Bonchev–Trinajstić information content (AvgIpc) is 3.39. The number of benzene rings is 1. The number of hydrogen-bond acceptors (Lipinski definition) is 4. The number of amides is 1. The molecule has 6 nitrogen and oxygen atoms in total. The summed E-state index contributed by atoms with van der Waals surface area (Å²) in [5, 5.41) is 3.16. The van der Waals surface area contributed by atoms with E-state index in [1.807, 2.05) is 0 Å². The van der Waals surface area contributed by atoms with Gasteiger partial charge in [0.2, 0.25) is 15.9 Å². The molecule has 1 N–H and O–H groups in total. The summed E-state index contributed by atoms with van der Waals surface area (Å²) in [5.41, 5.74) is 0. The predicted octanol–water partition coefficient (Wildman–Crippen LogP) is 1.08. The van der Waals surface area contributed by atoms with Gasteiger partial charge in [0.25, 0.3) is 0 Å². The number of hydrogen-bond donors (Lipinski definition) is 1. The molecule has 1 aliphatic carbocycles. The van der Waals surface area contributed by atoms with Gasteiger partial charge in [0, 0.05) is 26.2 Å². The molecular formula is C16H23ClFN3O3S. The summed E-state index contributed by atoms with van der Waals surface area (Å²) < 4.78 is 39.3. The second-order valence-corrected chi connectivity index (χ2v) is 8.25. The zero-order valence-electron chi connectivity index (χ0n) is 13.9. The molecule has 1 aliphatic heterocycles. The highest BCUT2D eigenvalue weighted by molar-refractivity contribution is 7.89. The van der Waals surface area contributed by atoms with E-state index in [9.17, 15) is 17.6 Å². The van der Waals surface area contributed by atoms with Gasteiger partial charge in [-0.3, -0.25) is 4.79 Å². The molecule has 1 saturated heterocycles. The lowest BCUT2D eigenvalue weighted by atomic mass is 10.3. The minimum absolute atomic E-state index is 0. The maximum atomic E-state index is 13.0. The fraction of sp³-hybridized carbons (Fsp3) is 0.562. The first-order valence-corrected chi connectivity index (χ1v) is 9.65. The van der Waals surface area contributed by atoms with Crippen molar-refractivity contribution in [1.82, 2.24) is 14.5 Å². The van der Waals surface area contributed by atoms with Crippen LogP contribution in [0.4, 0.5) is 4.39 Å². The lowest BCUT2D eigenvalue weighted by Crippen LogP contribution is -2.52. The van der Waals surface area contributed by atoms with Crippen molar-refractivity contribution in [2.45, 2.75) is 17.7 Å². The molecule has 2 aliphatic rings. The van der Waals surface area contributed by atoms with Crippen molar-refractivity contribution in [3.05, 3.63) is 30.1 Å². The fourth-order valence-corrected chi connectivity index (χ4v) is 4.17. The molecule has 140 valence electrons. The third-order valence-corrected chi connectivity index (χ3v) is 6.36. The van der Waals surface area contributed by atoms with Gasteiger partial charge in [-0.2, -0.15) is 4.31 Å². The Morgan fingerprint density at radius 3 is 2.28 bits per heavy atom. The molecule has 1 aromatic carbocycles. The molecule has 9 heteroatoms. The molecule has 1 heterocycles. The van der Waals surface area contributed by atoms with Gasteiger partial charge in [-0.15, -0.1) is 12.4 Å². The van der Waals surface area contributed by atoms with Crippen LogP contribution in [0.1, 0.15) is 12.8 Å². The van der Waals surface area contributed by atoms with Crippen molar-refractivity contribution in [1.29, 1.82) is 0 Å². The molecule has 0 aromatic heterocycles. The van der Waals surface area contributed by atoms with E-state index in [2.05, 4.69) is 5.32 Å². The molecule has 0 unspecified atom stereocenters. The summed E-state index contributed by atoms with van der Waals surface area (Å²) >= 11 is 0. The first-order chi connectivity index (χ1) is 11.5. The zero-order valence-corrected chi connectivity index (χ0v) is 15.5. The van der Waals surface area contributed by atoms with Gasteiger partial charge in [-0.05, 0) is 49.6 Å². The van der Waals surface area contributed by atoms with E-state index in [1.165, 1.54) is 29.3 Å². The van der Waals surface area contributed by atoms with Crippen molar-refractivity contribution in [2.24, 2.45) is 5.92 Å². The standard InChI is InChI=1S/C16H22FN3O3S.ClH/c17-14-3-5-15(6-4-14)24(22,23)20-9-7-19(8-10-20)16(21)12-18-11-13-1-2-13;/h3-6,13,18H,1-2,7-12H2;1H. The Morgan fingerprint density at radius 1 is 1.12 bits per heavy atom. The monoisotopic (exact) mass is 391 g/mol. The molecule has 1 saturated carbocycles. The second kappa shape index (κ2) is 8.44. The molecule has 2 fully saturated rings. The maximum absolute atomic E-state index is 13.0. The van der Waals surface area contributed by atoms with Gasteiger partial charge in [0.15, 0.2) is 0 Å². The number of rotatable bonds is 6. The van der Waals surface area contributed by atoms with E-state index in [-0.39, 0.29) is 36.3 Å². The highest BCUT2D eigenvalue weighted by Crippen LogP contribution is 2.27. The van der Waals surface area contributed by atoms with Gasteiger partial charge in [-0.25, -0.2) is 12.8 Å². The molecule has 25 heavy (non-hydrogen) atoms. The molecule has 0 bridgehead atoms. The molecule has 0 radical (unpaired) electrons. The number of carbonyl (C=O) groups excluding carboxylic acids is 1. The van der Waals surface area contributed by atoms with Crippen LogP contribution < -0.4 is 5.32 Å². The largest absolute Gasteiger partial charge is 0.339 e. The van der Waals surface area contributed by atoms with Crippen LogP contribution in [0.15, 0.2) is 29.2 Å². The second-order valence-electron chi connectivity index (χ2n) is 6.31. The lowest BCUT2D eigenvalue weighted by molar-refractivity contribution is -0.131. The van der Waals surface area contributed by atoms with Gasteiger partial charge >= 0.3 is 0 Å². The number of carbonyl (C=O) groups is 1. The van der Waals surface area contributed by atoms with Crippen LogP contribution >= 0.6 is 12.4 Å². The Bertz CT molecular complexity index is 687. The Labute approximate surface area is 153 Å². The van der Waals surface area contributed by atoms with E-state index >= 15 is 0 Å². The number of halogens is 2. The Hall–Kier alpha value is -1.22. The fourth-order valence-electron chi connectivity index (χ4n) is 2.75. The van der Waals surface area contributed by atoms with Crippen molar-refractivity contribution in [3.8, 4) is 0 Å². The van der Waals surface area contributed by atoms with Crippen molar-refractivity contribution in [3.63, 3.8) is 0 Å². The van der Waals surface area contributed by atoms with Crippen molar-refractivity contribution < 1.29 is 17.6 Å². The van der Waals surface area contributed by atoms with E-state index in [4.69, 9.17) is 0 Å². The van der Waals surface area contributed by atoms with E-state index in [0.717, 1.165) is 24.6 Å². The van der Waals surface area contributed by atoms with E-state index in [0.29, 0.717) is 19.6 Å². The molecule has 1 aromatic rings. The van der Waals surface area contributed by atoms with Crippen LogP contribution in [0.25, 0.3) is 0 Å². The molecule has 0 atom stereocenters. The van der Waals surface area contributed by atoms with Crippen molar-refractivity contribution in [2.75, 3.05) is 39.3 Å². The lowest BCUT2D eigenvalue weighted by Gasteiger charge is -2.34. The van der Waals surface area contributed by atoms with Gasteiger partial charge in [-0.1, -0.05) is 0 Å². The first-order valence-electron chi connectivity index (χ1n) is 8.21. The first kappa shape index (κ1) is 20.1. The highest BCUT2D eigenvalue weighted by atomic mass is 35.5. The SMILES string of the molecule is Cl.O=C(CNCC1CC1)N1CCN(S(=O)(=O)c2ccc(F)cc2)CC1. The van der Waals surface area contributed by atoms with Crippen LogP contribution in [0.3, 0.4) is 0 Å². The minimum Gasteiger partial charge on any atom is -0.339 e. The highest BCUT2D eigenvalue weighted by Gasteiger charge is 2.30. The van der Waals surface area contributed by atoms with Gasteiger partial charge in [0.1, 0.15) is 5.82 Å². The summed E-state index contributed by atoms with van der Waals surface area (Å²) in [7, 11) is -3.63. The third-order valence-electron chi connectivity index (χ3n) is 4.45. The average molecular weight is 392 g/mol. The van der Waals surface area contributed by atoms with E-state index < -0.39 is 15.8 Å². The maximum Gasteiger partial charge on any atom is 0.243 e. The number of nitrogens with one attached hydrogen (secondary N) is 1. The molecular weight excluding hydrogens is 369 g/mol.